The summed E-state index contributed by atoms with van der Waals surface area (Å²) in [6.07, 6.45) is -5.74. The van der Waals surface area contributed by atoms with Gasteiger partial charge in [0.15, 0.2) is 11.4 Å². The Kier molecular flexibility index (Phi) is 7.20. The van der Waals surface area contributed by atoms with E-state index < -0.39 is 35.9 Å². The van der Waals surface area contributed by atoms with Crippen LogP contribution in [-0.2, 0) is 0 Å². The number of halogens is 5. The summed E-state index contributed by atoms with van der Waals surface area (Å²) in [6, 6.07) is 7.54. The van der Waals surface area contributed by atoms with Gasteiger partial charge in [-0.2, -0.15) is 13.2 Å². The SMILES string of the molecule is COc1ccc(F)cc1C(C)CC(O)(C(C)c1ccc(C(C)=O)cc1Cl)C(F)(F)F. The topological polar surface area (TPSA) is 46.5 Å². The van der Waals surface area contributed by atoms with Gasteiger partial charge in [0.25, 0.3) is 0 Å². The molecule has 8 heteroatoms. The van der Waals surface area contributed by atoms with Crippen LogP contribution >= 0.6 is 11.6 Å². The summed E-state index contributed by atoms with van der Waals surface area (Å²) < 4.78 is 61.0. The fourth-order valence-corrected chi connectivity index (χ4v) is 3.90. The van der Waals surface area contributed by atoms with Crippen molar-refractivity contribution in [1.82, 2.24) is 0 Å². The number of carbonyl (C=O) groups is 1. The number of aliphatic hydroxyl groups is 1. The summed E-state index contributed by atoms with van der Waals surface area (Å²) in [4.78, 5) is 11.5. The third kappa shape index (κ3) is 4.78. The zero-order chi connectivity index (χ0) is 22.9. The highest BCUT2D eigenvalue weighted by atomic mass is 35.5. The van der Waals surface area contributed by atoms with Gasteiger partial charge >= 0.3 is 6.18 Å². The molecule has 2 rings (SSSR count). The van der Waals surface area contributed by atoms with Crippen LogP contribution in [0.3, 0.4) is 0 Å². The van der Waals surface area contributed by atoms with Gasteiger partial charge in [-0.1, -0.05) is 37.6 Å². The molecule has 0 radical (unpaired) electrons. The molecule has 164 valence electrons. The van der Waals surface area contributed by atoms with Gasteiger partial charge in [0.05, 0.1) is 7.11 Å². The number of ether oxygens (including phenoxy) is 1. The second kappa shape index (κ2) is 8.94. The molecule has 0 bridgehead atoms. The van der Waals surface area contributed by atoms with Crippen LogP contribution < -0.4 is 4.74 Å². The molecule has 2 aromatic rings. The minimum absolute atomic E-state index is 0.0473. The maximum atomic E-state index is 14.1. The molecule has 0 aliphatic heterocycles. The van der Waals surface area contributed by atoms with Gasteiger partial charge in [0, 0.05) is 16.5 Å². The molecule has 0 heterocycles. The largest absolute Gasteiger partial charge is 0.496 e. The lowest BCUT2D eigenvalue weighted by atomic mass is 9.75. The lowest BCUT2D eigenvalue weighted by Crippen LogP contribution is -2.50. The summed E-state index contributed by atoms with van der Waals surface area (Å²) in [5.74, 6) is -3.02. The van der Waals surface area contributed by atoms with Gasteiger partial charge in [-0.25, -0.2) is 4.39 Å². The molecule has 30 heavy (non-hydrogen) atoms. The van der Waals surface area contributed by atoms with Crippen molar-refractivity contribution in [2.45, 2.75) is 50.8 Å². The van der Waals surface area contributed by atoms with Crippen molar-refractivity contribution in [2.24, 2.45) is 0 Å². The van der Waals surface area contributed by atoms with E-state index in [0.29, 0.717) is 0 Å². The number of ketones is 1. The van der Waals surface area contributed by atoms with Gasteiger partial charge < -0.3 is 9.84 Å². The molecule has 0 fully saturated rings. The number of hydrogen-bond acceptors (Lipinski definition) is 3. The molecule has 0 aliphatic carbocycles. The van der Waals surface area contributed by atoms with Crippen molar-refractivity contribution in [3.8, 4) is 5.75 Å². The molecule has 2 aromatic carbocycles. The molecule has 1 N–H and O–H groups in total. The Morgan fingerprint density at radius 3 is 2.27 bits per heavy atom. The van der Waals surface area contributed by atoms with Crippen molar-refractivity contribution in [2.75, 3.05) is 7.11 Å². The first-order chi connectivity index (χ1) is 13.8. The summed E-state index contributed by atoms with van der Waals surface area (Å²) in [7, 11) is 1.33. The number of benzene rings is 2. The second-order valence-corrected chi connectivity index (χ2v) is 7.83. The van der Waals surface area contributed by atoms with Gasteiger partial charge in [0.1, 0.15) is 11.6 Å². The van der Waals surface area contributed by atoms with Crippen LogP contribution in [0.1, 0.15) is 60.5 Å². The Balaban J connectivity index is 2.48. The molecule has 3 atom stereocenters. The van der Waals surface area contributed by atoms with Crippen LogP contribution in [0.4, 0.5) is 17.6 Å². The van der Waals surface area contributed by atoms with E-state index in [0.717, 1.165) is 12.1 Å². The highest BCUT2D eigenvalue weighted by Crippen LogP contribution is 2.48. The lowest BCUT2D eigenvalue weighted by Gasteiger charge is -2.38. The van der Waals surface area contributed by atoms with Gasteiger partial charge in [-0.15, -0.1) is 0 Å². The minimum Gasteiger partial charge on any atom is -0.496 e. The number of alkyl halides is 3. The Labute approximate surface area is 177 Å². The van der Waals surface area contributed by atoms with Crippen molar-refractivity contribution < 1.29 is 32.2 Å². The van der Waals surface area contributed by atoms with E-state index in [1.165, 1.54) is 52.1 Å². The van der Waals surface area contributed by atoms with E-state index in [9.17, 15) is 27.5 Å². The predicted octanol–water partition coefficient (Wildman–Crippen LogP) is 6.28. The minimum atomic E-state index is -5.00. The zero-order valence-corrected chi connectivity index (χ0v) is 17.7. The molecule has 0 saturated heterocycles. The van der Waals surface area contributed by atoms with Crippen molar-refractivity contribution in [3.63, 3.8) is 0 Å². The number of rotatable bonds is 7. The van der Waals surface area contributed by atoms with Crippen molar-refractivity contribution in [1.29, 1.82) is 0 Å². The first kappa shape index (κ1) is 24.2. The van der Waals surface area contributed by atoms with E-state index in [4.69, 9.17) is 16.3 Å². The van der Waals surface area contributed by atoms with Crippen molar-refractivity contribution in [3.05, 3.63) is 63.9 Å². The van der Waals surface area contributed by atoms with Crippen LogP contribution in [0.2, 0.25) is 5.02 Å². The molecule has 0 aliphatic rings. The van der Waals surface area contributed by atoms with Gasteiger partial charge in [0.2, 0.25) is 0 Å². The zero-order valence-electron chi connectivity index (χ0n) is 17.0. The average molecular weight is 447 g/mol. The summed E-state index contributed by atoms with van der Waals surface area (Å²) in [5.41, 5.74) is -2.64. The normalized spacial score (nSPS) is 15.9. The van der Waals surface area contributed by atoms with E-state index >= 15 is 0 Å². The summed E-state index contributed by atoms with van der Waals surface area (Å²) in [5, 5.41) is 10.8. The molecule has 0 amide bonds. The van der Waals surface area contributed by atoms with E-state index in [1.54, 1.807) is 0 Å². The molecule has 3 nitrogen and oxygen atoms in total. The maximum Gasteiger partial charge on any atom is 0.417 e. The van der Waals surface area contributed by atoms with E-state index in [-0.39, 0.29) is 33.2 Å². The highest BCUT2D eigenvalue weighted by molar-refractivity contribution is 6.31. The third-order valence-electron chi connectivity index (χ3n) is 5.42. The molecule has 0 spiro atoms. The van der Waals surface area contributed by atoms with Gasteiger partial charge in [-0.05, 0) is 54.7 Å². The van der Waals surface area contributed by atoms with Crippen LogP contribution in [0.5, 0.6) is 5.75 Å². The third-order valence-corrected chi connectivity index (χ3v) is 5.75. The number of carbonyl (C=O) groups excluding carboxylic acids is 1. The molecular formula is C22H23ClF4O3. The first-order valence-electron chi connectivity index (χ1n) is 9.24. The Morgan fingerprint density at radius 1 is 1.13 bits per heavy atom. The fourth-order valence-electron chi connectivity index (χ4n) is 3.56. The predicted molar refractivity (Wildman–Crippen MR) is 107 cm³/mol. The summed E-state index contributed by atoms with van der Waals surface area (Å²) in [6.45, 7) is 3.99. The average Bonchev–Trinajstić information content (AvgIpc) is 2.66. The summed E-state index contributed by atoms with van der Waals surface area (Å²) >= 11 is 6.15. The fraction of sp³-hybridized carbons (Fsp3) is 0.409. The Morgan fingerprint density at radius 2 is 1.77 bits per heavy atom. The number of hydrogen-bond donors (Lipinski definition) is 1. The quantitative estimate of drug-likeness (QED) is 0.402. The van der Waals surface area contributed by atoms with E-state index in [1.807, 2.05) is 0 Å². The molecule has 3 unspecified atom stereocenters. The molecule has 0 aromatic heterocycles. The monoisotopic (exact) mass is 446 g/mol. The maximum absolute atomic E-state index is 14.1. The first-order valence-corrected chi connectivity index (χ1v) is 9.62. The van der Waals surface area contributed by atoms with Crippen LogP contribution in [0.15, 0.2) is 36.4 Å². The van der Waals surface area contributed by atoms with Crippen LogP contribution in [0.25, 0.3) is 0 Å². The molecular weight excluding hydrogens is 424 g/mol. The second-order valence-electron chi connectivity index (χ2n) is 7.43. The number of Topliss-reactive ketones (excluding diaryl/α,β-unsaturated/α-hetero) is 1. The van der Waals surface area contributed by atoms with E-state index in [2.05, 4.69) is 0 Å². The lowest BCUT2D eigenvalue weighted by molar-refractivity contribution is -0.271. The Bertz CT molecular complexity index is 929. The Hall–Kier alpha value is -2.12. The smallest absolute Gasteiger partial charge is 0.417 e. The number of methoxy groups -OCH3 is 1. The van der Waals surface area contributed by atoms with Gasteiger partial charge in [-0.3, -0.25) is 4.79 Å². The van der Waals surface area contributed by atoms with Crippen LogP contribution in [-0.4, -0.2) is 29.8 Å². The molecule has 0 saturated carbocycles. The van der Waals surface area contributed by atoms with Crippen molar-refractivity contribution >= 4 is 17.4 Å². The highest BCUT2D eigenvalue weighted by Gasteiger charge is 2.58. The van der Waals surface area contributed by atoms with Crippen LogP contribution in [0, 0.1) is 5.82 Å². The standard InChI is InChI=1S/C22H23ClF4O3/c1-12(18-10-16(24)6-8-20(18)30-4)11-21(29,22(25,26)27)13(2)17-7-5-15(14(3)28)9-19(17)23/h5-10,12-13,29H,11H2,1-4H3.